The van der Waals surface area contributed by atoms with Gasteiger partial charge in [-0.15, -0.1) is 11.3 Å². The van der Waals surface area contributed by atoms with Crippen LogP contribution in [0.3, 0.4) is 0 Å². The average Bonchev–Trinajstić information content (AvgIpc) is 3.16. The van der Waals surface area contributed by atoms with Gasteiger partial charge in [0.05, 0.1) is 17.0 Å². The highest BCUT2D eigenvalue weighted by atomic mass is 32.1. The molecule has 182 valence electrons. The minimum atomic E-state index is -0.789. The van der Waals surface area contributed by atoms with Gasteiger partial charge >= 0.3 is 11.9 Å². The van der Waals surface area contributed by atoms with E-state index in [9.17, 15) is 24.0 Å². The molecule has 0 aliphatic rings. The van der Waals surface area contributed by atoms with Crippen LogP contribution < -0.4 is 15.4 Å². The van der Waals surface area contributed by atoms with Crippen LogP contribution in [0.1, 0.15) is 56.2 Å². The standard InChI is InChI=1S/C23H26N2O8S/c1-5-16(26)14-7-9-15(10-8-14)32-12-18(28)33-11-17(27)25-22-19(23(30)31-6-2)13(3)20(34-22)21(29)24-4/h7-10H,5-6,11-12H2,1-4H3,(H,24,29)(H,25,27). The van der Waals surface area contributed by atoms with Crippen LogP contribution in [-0.4, -0.2) is 56.4 Å². The third-order valence-corrected chi connectivity index (χ3v) is 5.74. The fourth-order valence-corrected chi connectivity index (χ4v) is 3.97. The van der Waals surface area contributed by atoms with Crippen molar-refractivity contribution in [2.45, 2.75) is 27.2 Å². The summed E-state index contributed by atoms with van der Waals surface area (Å²) in [5.41, 5.74) is 0.980. The topological polar surface area (TPSA) is 137 Å². The van der Waals surface area contributed by atoms with Gasteiger partial charge in [-0.25, -0.2) is 9.59 Å². The summed E-state index contributed by atoms with van der Waals surface area (Å²) in [5, 5.41) is 5.08. The number of nitrogens with one attached hydrogen (secondary N) is 2. The fourth-order valence-electron chi connectivity index (χ4n) is 2.81. The van der Waals surface area contributed by atoms with Gasteiger partial charge in [0.25, 0.3) is 11.8 Å². The summed E-state index contributed by atoms with van der Waals surface area (Å²) in [7, 11) is 1.45. The number of anilines is 1. The summed E-state index contributed by atoms with van der Waals surface area (Å²) in [6, 6.07) is 6.31. The lowest BCUT2D eigenvalue weighted by molar-refractivity contribution is -0.149. The predicted octanol–water partition coefficient (Wildman–Crippen LogP) is 2.75. The van der Waals surface area contributed by atoms with Crippen molar-refractivity contribution >= 4 is 45.9 Å². The van der Waals surface area contributed by atoms with E-state index in [2.05, 4.69) is 10.6 Å². The van der Waals surface area contributed by atoms with E-state index in [0.29, 0.717) is 23.3 Å². The Morgan fingerprint density at radius 1 is 0.971 bits per heavy atom. The maximum Gasteiger partial charge on any atom is 0.344 e. The maximum absolute atomic E-state index is 12.3. The Labute approximate surface area is 200 Å². The average molecular weight is 491 g/mol. The van der Waals surface area contributed by atoms with E-state index in [-0.39, 0.29) is 27.8 Å². The van der Waals surface area contributed by atoms with E-state index >= 15 is 0 Å². The lowest BCUT2D eigenvalue weighted by Crippen LogP contribution is -2.24. The van der Waals surface area contributed by atoms with E-state index in [1.54, 1.807) is 45.0 Å². The van der Waals surface area contributed by atoms with Crippen molar-refractivity contribution in [2.75, 3.05) is 32.2 Å². The van der Waals surface area contributed by atoms with Crippen LogP contribution in [0.4, 0.5) is 5.00 Å². The number of esters is 2. The summed E-state index contributed by atoms with van der Waals surface area (Å²) in [4.78, 5) is 60.5. The first-order chi connectivity index (χ1) is 16.2. The van der Waals surface area contributed by atoms with E-state index in [4.69, 9.17) is 14.2 Å². The minimum Gasteiger partial charge on any atom is -0.482 e. The number of benzene rings is 1. The molecule has 0 aliphatic heterocycles. The maximum atomic E-state index is 12.3. The van der Waals surface area contributed by atoms with Gasteiger partial charge < -0.3 is 24.8 Å². The molecule has 2 aromatic rings. The van der Waals surface area contributed by atoms with Crippen LogP contribution in [0.15, 0.2) is 24.3 Å². The largest absolute Gasteiger partial charge is 0.482 e. The Balaban J connectivity index is 1.95. The smallest absolute Gasteiger partial charge is 0.344 e. The Morgan fingerprint density at radius 3 is 2.24 bits per heavy atom. The predicted molar refractivity (Wildman–Crippen MR) is 125 cm³/mol. The Bertz CT molecular complexity index is 1080. The van der Waals surface area contributed by atoms with Crippen LogP contribution >= 0.6 is 11.3 Å². The van der Waals surface area contributed by atoms with Crippen molar-refractivity contribution < 1.29 is 38.2 Å². The van der Waals surface area contributed by atoms with Crippen molar-refractivity contribution in [3.63, 3.8) is 0 Å². The number of ether oxygens (including phenoxy) is 3. The number of thiophene rings is 1. The zero-order valence-corrected chi connectivity index (χ0v) is 20.1. The fraction of sp³-hybridized carbons (Fsp3) is 0.348. The van der Waals surface area contributed by atoms with Crippen LogP contribution in [0.25, 0.3) is 0 Å². The minimum absolute atomic E-state index is 0.00790. The number of ketones is 1. The monoisotopic (exact) mass is 490 g/mol. The highest BCUT2D eigenvalue weighted by Gasteiger charge is 2.26. The first-order valence-electron chi connectivity index (χ1n) is 10.5. The van der Waals surface area contributed by atoms with Crippen molar-refractivity contribution in [2.24, 2.45) is 0 Å². The molecule has 1 aromatic heterocycles. The summed E-state index contributed by atoms with van der Waals surface area (Å²) in [5.74, 6) is -2.23. The van der Waals surface area contributed by atoms with Gasteiger partial charge in [0.1, 0.15) is 10.8 Å². The highest BCUT2D eigenvalue weighted by molar-refractivity contribution is 7.18. The second kappa shape index (κ2) is 12.5. The number of amides is 2. The first-order valence-corrected chi connectivity index (χ1v) is 11.3. The van der Waals surface area contributed by atoms with Gasteiger partial charge in [-0.2, -0.15) is 0 Å². The van der Waals surface area contributed by atoms with Crippen LogP contribution in [0.5, 0.6) is 5.75 Å². The van der Waals surface area contributed by atoms with Gasteiger partial charge in [0, 0.05) is 19.0 Å². The molecule has 0 fully saturated rings. The summed E-state index contributed by atoms with van der Waals surface area (Å²) in [6.45, 7) is 4.02. The summed E-state index contributed by atoms with van der Waals surface area (Å²) < 4.78 is 15.2. The number of carbonyl (C=O) groups excluding carboxylic acids is 5. The molecule has 0 aliphatic carbocycles. The molecule has 0 saturated carbocycles. The summed E-state index contributed by atoms with van der Waals surface area (Å²) >= 11 is 0.914. The number of Topliss-reactive ketones (excluding diaryl/α,β-unsaturated/α-hetero) is 1. The van der Waals surface area contributed by atoms with Crippen LogP contribution in [-0.2, 0) is 19.1 Å². The lowest BCUT2D eigenvalue weighted by atomic mass is 10.1. The second-order valence-corrected chi connectivity index (χ2v) is 7.88. The van der Waals surface area contributed by atoms with Gasteiger partial charge in [0.15, 0.2) is 19.0 Å². The van der Waals surface area contributed by atoms with E-state index in [0.717, 1.165) is 11.3 Å². The van der Waals surface area contributed by atoms with Crippen LogP contribution in [0.2, 0.25) is 0 Å². The second-order valence-electron chi connectivity index (χ2n) is 6.86. The molecule has 1 heterocycles. The molecule has 0 saturated heterocycles. The molecule has 10 nitrogen and oxygen atoms in total. The zero-order valence-electron chi connectivity index (χ0n) is 19.3. The third kappa shape index (κ3) is 6.88. The molecule has 0 unspecified atom stereocenters. The normalized spacial score (nSPS) is 10.2. The Kier molecular flexibility index (Phi) is 9.75. The number of hydrogen-bond donors (Lipinski definition) is 2. The zero-order chi connectivity index (χ0) is 25.3. The molecule has 0 radical (unpaired) electrons. The molecule has 2 rings (SSSR count). The van der Waals surface area contributed by atoms with E-state index < -0.39 is 37.0 Å². The molecule has 0 bridgehead atoms. The molecule has 11 heteroatoms. The lowest BCUT2D eigenvalue weighted by Gasteiger charge is -2.09. The number of hydrogen-bond acceptors (Lipinski definition) is 9. The number of carbonyl (C=O) groups is 5. The van der Waals surface area contributed by atoms with E-state index in [1.165, 1.54) is 7.05 Å². The third-order valence-electron chi connectivity index (χ3n) is 4.53. The van der Waals surface area contributed by atoms with Crippen molar-refractivity contribution in [3.05, 3.63) is 45.8 Å². The molecule has 2 N–H and O–H groups in total. The molecule has 0 spiro atoms. The van der Waals surface area contributed by atoms with Gasteiger partial charge in [0.2, 0.25) is 0 Å². The number of rotatable bonds is 11. The quantitative estimate of drug-likeness (QED) is 0.362. The first kappa shape index (κ1) is 26.5. The molecular formula is C23H26N2O8S. The molecule has 2 amide bonds. The van der Waals surface area contributed by atoms with Crippen molar-refractivity contribution in [3.8, 4) is 5.75 Å². The molecule has 1 aromatic carbocycles. The van der Waals surface area contributed by atoms with Crippen molar-refractivity contribution in [1.82, 2.24) is 5.32 Å². The van der Waals surface area contributed by atoms with Crippen LogP contribution in [0, 0.1) is 6.92 Å². The molecular weight excluding hydrogens is 464 g/mol. The molecule has 34 heavy (non-hydrogen) atoms. The van der Waals surface area contributed by atoms with E-state index in [1.807, 2.05) is 0 Å². The van der Waals surface area contributed by atoms with Gasteiger partial charge in [-0.05, 0) is 43.7 Å². The summed E-state index contributed by atoms with van der Waals surface area (Å²) in [6.07, 6.45) is 0.383. The SMILES string of the molecule is CCOC(=O)c1c(NC(=O)COC(=O)COc2ccc(C(=O)CC)cc2)sc(C(=O)NC)c1C. The van der Waals surface area contributed by atoms with Crippen molar-refractivity contribution in [1.29, 1.82) is 0 Å². The Morgan fingerprint density at radius 2 is 1.65 bits per heavy atom. The highest BCUT2D eigenvalue weighted by Crippen LogP contribution is 2.33. The van der Waals surface area contributed by atoms with Gasteiger partial charge in [-0.3, -0.25) is 14.4 Å². The van der Waals surface area contributed by atoms with Gasteiger partial charge in [-0.1, -0.05) is 6.92 Å². The molecule has 0 atom stereocenters. The Hall–Kier alpha value is -3.73.